The summed E-state index contributed by atoms with van der Waals surface area (Å²) in [5, 5.41) is 8.39. The number of benzene rings is 1. The van der Waals surface area contributed by atoms with E-state index >= 15 is 0 Å². The molecule has 0 aromatic heterocycles. The Morgan fingerprint density at radius 2 is 1.71 bits per heavy atom. The lowest BCUT2D eigenvalue weighted by Gasteiger charge is -2.01. The van der Waals surface area contributed by atoms with Crippen LogP contribution in [0.4, 0.5) is 8.78 Å². The first kappa shape index (κ1) is 10.6. The lowest BCUT2D eigenvalue weighted by Crippen LogP contribution is -2.11. The third-order valence-corrected chi connectivity index (χ3v) is 2.94. The van der Waals surface area contributed by atoms with Gasteiger partial charge in [0.2, 0.25) is 9.84 Å². The average molecular weight is 217 g/mol. The van der Waals surface area contributed by atoms with E-state index in [0.717, 1.165) is 12.1 Å². The van der Waals surface area contributed by atoms with E-state index in [1.807, 2.05) is 0 Å². The molecule has 0 saturated heterocycles. The van der Waals surface area contributed by atoms with E-state index in [0.29, 0.717) is 0 Å². The Bertz CT molecular complexity index is 459. The molecule has 0 aliphatic carbocycles. The van der Waals surface area contributed by atoms with Gasteiger partial charge in [-0.25, -0.2) is 8.42 Å². The van der Waals surface area contributed by atoms with E-state index in [4.69, 9.17) is 5.26 Å². The van der Waals surface area contributed by atoms with Crippen molar-refractivity contribution in [2.45, 2.75) is 10.7 Å². The molecule has 74 valence electrons. The van der Waals surface area contributed by atoms with Gasteiger partial charge < -0.3 is 0 Å². The molecule has 0 N–H and O–H groups in total. The van der Waals surface area contributed by atoms with Crippen LogP contribution in [0.2, 0.25) is 0 Å². The van der Waals surface area contributed by atoms with Gasteiger partial charge in [0, 0.05) is 0 Å². The SMILES string of the molecule is N#Cc1ccc(S(=O)(=O)C(F)F)cc1. The summed E-state index contributed by atoms with van der Waals surface area (Å²) in [5.74, 6) is -3.43. The molecule has 0 amide bonds. The average Bonchev–Trinajstić information content (AvgIpc) is 2.17. The van der Waals surface area contributed by atoms with Crippen LogP contribution in [0.25, 0.3) is 0 Å². The van der Waals surface area contributed by atoms with Crippen LogP contribution in [0.15, 0.2) is 29.2 Å². The number of alkyl halides is 2. The van der Waals surface area contributed by atoms with Gasteiger partial charge in [0.15, 0.2) is 0 Å². The summed E-state index contributed by atoms with van der Waals surface area (Å²) < 4.78 is 45.9. The molecule has 0 unspecified atom stereocenters. The van der Waals surface area contributed by atoms with Gasteiger partial charge in [-0.3, -0.25) is 0 Å². The third kappa shape index (κ3) is 1.88. The standard InChI is InChI=1S/C8H5F2NO2S/c9-8(10)14(12,13)7-3-1-6(5-11)2-4-7/h1-4,8H. The number of halogens is 2. The smallest absolute Gasteiger partial charge is 0.218 e. The molecule has 0 aliphatic heterocycles. The minimum atomic E-state index is -4.54. The first-order chi connectivity index (χ1) is 6.48. The van der Waals surface area contributed by atoms with Gasteiger partial charge in [-0.05, 0) is 24.3 Å². The summed E-state index contributed by atoms with van der Waals surface area (Å²) in [5.41, 5.74) is 0.221. The van der Waals surface area contributed by atoms with E-state index in [1.54, 1.807) is 6.07 Å². The maximum Gasteiger partial charge on any atom is 0.341 e. The van der Waals surface area contributed by atoms with Gasteiger partial charge in [0.05, 0.1) is 16.5 Å². The predicted octanol–water partition coefficient (Wildman–Crippen LogP) is 1.55. The van der Waals surface area contributed by atoms with E-state index < -0.39 is 20.5 Å². The number of sulfone groups is 1. The second kappa shape index (κ2) is 3.72. The highest BCUT2D eigenvalue weighted by Crippen LogP contribution is 2.18. The number of rotatable bonds is 2. The summed E-state index contributed by atoms with van der Waals surface area (Å²) in [7, 11) is -4.54. The molecule has 0 atom stereocenters. The van der Waals surface area contributed by atoms with Crippen LogP contribution in [0, 0.1) is 11.3 Å². The predicted molar refractivity (Wildman–Crippen MR) is 44.3 cm³/mol. The zero-order valence-corrected chi connectivity index (χ0v) is 7.63. The summed E-state index contributed by atoms with van der Waals surface area (Å²) >= 11 is 0. The molecule has 1 aromatic carbocycles. The van der Waals surface area contributed by atoms with Crippen molar-refractivity contribution in [2.24, 2.45) is 0 Å². The number of hydrogen-bond donors (Lipinski definition) is 0. The van der Waals surface area contributed by atoms with Crippen molar-refractivity contribution in [2.75, 3.05) is 0 Å². The monoisotopic (exact) mass is 217 g/mol. The van der Waals surface area contributed by atoms with Crippen LogP contribution in [0.5, 0.6) is 0 Å². The Balaban J connectivity index is 3.18. The summed E-state index contributed by atoms with van der Waals surface area (Å²) in [6.07, 6.45) is 0. The van der Waals surface area contributed by atoms with Gasteiger partial charge in [0.1, 0.15) is 0 Å². The Morgan fingerprint density at radius 3 is 2.07 bits per heavy atom. The molecule has 1 aromatic rings. The van der Waals surface area contributed by atoms with Gasteiger partial charge in [-0.1, -0.05) is 0 Å². The first-order valence-electron chi connectivity index (χ1n) is 3.50. The van der Waals surface area contributed by atoms with Crippen LogP contribution in [0.1, 0.15) is 5.56 Å². The highest BCUT2D eigenvalue weighted by molar-refractivity contribution is 7.91. The molecule has 0 saturated carbocycles. The second-order valence-corrected chi connectivity index (χ2v) is 4.36. The Morgan fingerprint density at radius 1 is 1.21 bits per heavy atom. The minimum absolute atomic E-state index is 0.221. The van der Waals surface area contributed by atoms with Crippen molar-refractivity contribution in [3.8, 4) is 6.07 Å². The fourth-order valence-electron chi connectivity index (χ4n) is 0.822. The summed E-state index contributed by atoms with van der Waals surface area (Å²) in [4.78, 5) is -0.480. The maximum atomic E-state index is 12.0. The first-order valence-corrected chi connectivity index (χ1v) is 5.05. The quantitative estimate of drug-likeness (QED) is 0.755. The van der Waals surface area contributed by atoms with Crippen LogP contribution < -0.4 is 0 Å². The fourth-order valence-corrected chi connectivity index (χ4v) is 1.54. The van der Waals surface area contributed by atoms with Crippen molar-refractivity contribution < 1.29 is 17.2 Å². The van der Waals surface area contributed by atoms with Crippen LogP contribution in [-0.2, 0) is 9.84 Å². The van der Waals surface area contributed by atoms with Crippen LogP contribution >= 0.6 is 0 Å². The van der Waals surface area contributed by atoms with Crippen molar-refractivity contribution in [3.05, 3.63) is 29.8 Å². The van der Waals surface area contributed by atoms with E-state index in [2.05, 4.69) is 0 Å². The van der Waals surface area contributed by atoms with E-state index in [-0.39, 0.29) is 5.56 Å². The number of nitriles is 1. The molecule has 3 nitrogen and oxygen atoms in total. The Kier molecular flexibility index (Phi) is 2.81. The molecule has 0 bridgehead atoms. The molecular formula is C8H5F2NO2S. The summed E-state index contributed by atoms with van der Waals surface area (Å²) in [6, 6.07) is 6.08. The lowest BCUT2D eigenvalue weighted by atomic mass is 10.2. The normalized spacial score (nSPS) is 11.3. The molecule has 0 spiro atoms. The molecule has 0 radical (unpaired) electrons. The molecular weight excluding hydrogens is 212 g/mol. The highest BCUT2D eigenvalue weighted by Gasteiger charge is 2.26. The van der Waals surface area contributed by atoms with Gasteiger partial charge in [-0.15, -0.1) is 0 Å². The van der Waals surface area contributed by atoms with Crippen LogP contribution in [0.3, 0.4) is 0 Å². The van der Waals surface area contributed by atoms with Gasteiger partial charge in [0.25, 0.3) is 0 Å². The van der Waals surface area contributed by atoms with Crippen LogP contribution in [-0.4, -0.2) is 14.2 Å². The highest BCUT2D eigenvalue weighted by atomic mass is 32.2. The zero-order valence-electron chi connectivity index (χ0n) is 6.81. The Hall–Kier alpha value is -1.48. The fraction of sp³-hybridized carbons (Fsp3) is 0.125. The Labute approximate surface area is 79.5 Å². The second-order valence-electron chi connectivity index (χ2n) is 2.44. The largest absolute Gasteiger partial charge is 0.341 e. The molecule has 0 fully saturated rings. The molecule has 0 aliphatic rings. The third-order valence-electron chi connectivity index (χ3n) is 1.55. The summed E-state index contributed by atoms with van der Waals surface area (Å²) in [6.45, 7) is 0. The van der Waals surface area contributed by atoms with E-state index in [9.17, 15) is 17.2 Å². The zero-order chi connectivity index (χ0) is 10.8. The molecule has 1 rings (SSSR count). The lowest BCUT2D eigenvalue weighted by molar-refractivity contribution is 0.234. The topological polar surface area (TPSA) is 57.9 Å². The van der Waals surface area contributed by atoms with Crippen molar-refractivity contribution in [1.82, 2.24) is 0 Å². The van der Waals surface area contributed by atoms with E-state index in [1.165, 1.54) is 12.1 Å². The van der Waals surface area contributed by atoms with Crippen molar-refractivity contribution >= 4 is 9.84 Å². The van der Waals surface area contributed by atoms with Gasteiger partial charge in [-0.2, -0.15) is 14.0 Å². The number of hydrogen-bond acceptors (Lipinski definition) is 3. The molecule has 6 heteroatoms. The maximum absolute atomic E-state index is 12.0. The number of nitrogens with zero attached hydrogens (tertiary/aromatic N) is 1. The van der Waals surface area contributed by atoms with Crippen molar-refractivity contribution in [3.63, 3.8) is 0 Å². The van der Waals surface area contributed by atoms with Gasteiger partial charge >= 0.3 is 5.76 Å². The molecule has 0 heterocycles. The minimum Gasteiger partial charge on any atom is -0.218 e. The van der Waals surface area contributed by atoms with Crippen molar-refractivity contribution in [1.29, 1.82) is 5.26 Å². The molecule has 14 heavy (non-hydrogen) atoms.